The van der Waals surface area contributed by atoms with Gasteiger partial charge in [0.2, 0.25) is 0 Å². The molecule has 0 radical (unpaired) electrons. The van der Waals surface area contributed by atoms with Gasteiger partial charge in [-0.2, -0.15) is 0 Å². The van der Waals surface area contributed by atoms with Crippen LogP contribution in [0.3, 0.4) is 0 Å². The fourth-order valence-electron chi connectivity index (χ4n) is 1.56. The van der Waals surface area contributed by atoms with Crippen molar-refractivity contribution in [2.75, 3.05) is 13.6 Å². The maximum absolute atomic E-state index is 9.71. The highest BCUT2D eigenvalue weighted by Crippen LogP contribution is 2.23. The molecule has 2 heterocycles. The number of hydrogen-bond acceptors (Lipinski definition) is 3. The molecule has 2 rings (SSSR count). The van der Waals surface area contributed by atoms with Gasteiger partial charge in [0.25, 0.3) is 0 Å². The third-order valence-electron chi connectivity index (χ3n) is 2.26. The van der Waals surface area contributed by atoms with Crippen LogP contribution >= 0.6 is 11.6 Å². The molecule has 0 aromatic carbocycles. The van der Waals surface area contributed by atoms with Gasteiger partial charge in [0.1, 0.15) is 5.82 Å². The molecular weight excluding hydrogens is 214 g/mol. The van der Waals surface area contributed by atoms with Crippen LogP contribution in [0.1, 0.15) is 5.82 Å². The van der Waals surface area contributed by atoms with Gasteiger partial charge in [-0.05, 0) is 19.2 Å². The van der Waals surface area contributed by atoms with Crippen LogP contribution in [0.5, 0.6) is 5.88 Å². The smallest absolute Gasteiger partial charge is 0.197 e. The molecule has 0 saturated heterocycles. The topological polar surface area (TPSA) is 49.6 Å². The van der Waals surface area contributed by atoms with E-state index in [-0.39, 0.29) is 5.88 Å². The average Bonchev–Trinajstić information content (AvgIpc) is 2.55. The first-order chi connectivity index (χ1) is 7.24. The van der Waals surface area contributed by atoms with Gasteiger partial charge >= 0.3 is 0 Å². The van der Waals surface area contributed by atoms with Crippen molar-refractivity contribution in [3.05, 3.63) is 29.2 Å². The second kappa shape index (κ2) is 4.08. The molecule has 2 N–H and O–H groups in total. The van der Waals surface area contributed by atoms with E-state index in [1.165, 1.54) is 0 Å². The van der Waals surface area contributed by atoms with Crippen molar-refractivity contribution < 1.29 is 5.11 Å². The van der Waals surface area contributed by atoms with Crippen LogP contribution < -0.4 is 5.32 Å². The molecular formula is C10H12ClN3O. The summed E-state index contributed by atoms with van der Waals surface area (Å²) in [4.78, 5) is 4.22. The quantitative estimate of drug-likeness (QED) is 0.832. The molecule has 0 bridgehead atoms. The molecule has 0 spiro atoms. The Balaban J connectivity index is 2.54. The summed E-state index contributed by atoms with van der Waals surface area (Å²) in [5.74, 6) is 0.931. The van der Waals surface area contributed by atoms with Gasteiger partial charge in [-0.25, -0.2) is 4.98 Å². The maximum atomic E-state index is 9.71. The Bertz CT molecular complexity index is 481. The number of aromatic nitrogens is 2. The largest absolute Gasteiger partial charge is 0.494 e. The van der Waals surface area contributed by atoms with E-state index < -0.39 is 0 Å². The molecule has 0 amide bonds. The highest BCUT2D eigenvalue weighted by atomic mass is 35.5. The number of halogens is 1. The Morgan fingerprint density at radius 3 is 3.07 bits per heavy atom. The number of pyridine rings is 1. The summed E-state index contributed by atoms with van der Waals surface area (Å²) in [6, 6.07) is 5.20. The number of nitrogens with zero attached hydrogens (tertiary/aromatic N) is 2. The molecule has 2 aromatic heterocycles. The van der Waals surface area contributed by atoms with E-state index in [0.29, 0.717) is 5.15 Å². The van der Waals surface area contributed by atoms with E-state index in [2.05, 4.69) is 10.3 Å². The van der Waals surface area contributed by atoms with Crippen molar-refractivity contribution >= 4 is 17.1 Å². The summed E-state index contributed by atoms with van der Waals surface area (Å²) in [6.45, 7) is 0.795. The Hall–Kier alpha value is -1.26. The summed E-state index contributed by atoms with van der Waals surface area (Å²) in [5.41, 5.74) is 0.739. The van der Waals surface area contributed by atoms with Gasteiger partial charge in [0.15, 0.2) is 11.0 Å². The van der Waals surface area contributed by atoms with Gasteiger partial charge in [-0.3, -0.25) is 4.40 Å². The Morgan fingerprint density at radius 1 is 1.53 bits per heavy atom. The van der Waals surface area contributed by atoms with Crippen molar-refractivity contribution in [2.24, 2.45) is 0 Å². The highest BCUT2D eigenvalue weighted by Gasteiger charge is 2.10. The minimum atomic E-state index is 0.165. The standard InChI is InChI=1S/C10H12ClN3O/c1-12-6-5-8-13-10(11)7-3-2-4-9(15)14(7)8/h2-4,12,15H,5-6H2,1H3. The molecule has 0 aliphatic rings. The minimum absolute atomic E-state index is 0.165. The highest BCUT2D eigenvalue weighted by molar-refractivity contribution is 6.32. The Labute approximate surface area is 92.5 Å². The second-order valence-electron chi connectivity index (χ2n) is 3.28. The SMILES string of the molecule is CNCCc1nc(Cl)c2cccc(O)n12. The van der Waals surface area contributed by atoms with Gasteiger partial charge in [-0.1, -0.05) is 17.7 Å². The number of likely N-dealkylation sites (N-methyl/N-ethyl adjacent to an activating group) is 1. The predicted molar refractivity (Wildman–Crippen MR) is 59.5 cm³/mol. The van der Waals surface area contributed by atoms with Crippen molar-refractivity contribution in [2.45, 2.75) is 6.42 Å². The lowest BCUT2D eigenvalue weighted by Gasteiger charge is -2.02. The molecule has 80 valence electrons. The van der Waals surface area contributed by atoms with Crippen molar-refractivity contribution in [3.63, 3.8) is 0 Å². The van der Waals surface area contributed by atoms with Crippen LogP contribution in [0.2, 0.25) is 5.15 Å². The zero-order chi connectivity index (χ0) is 10.8. The number of imidazole rings is 1. The van der Waals surface area contributed by atoms with Crippen LogP contribution in [0.25, 0.3) is 5.52 Å². The average molecular weight is 226 g/mol. The van der Waals surface area contributed by atoms with E-state index in [0.717, 1.165) is 24.3 Å². The lowest BCUT2D eigenvalue weighted by Crippen LogP contribution is -2.12. The number of hydrogen-bond donors (Lipinski definition) is 2. The monoisotopic (exact) mass is 225 g/mol. The molecule has 15 heavy (non-hydrogen) atoms. The number of nitrogens with one attached hydrogen (secondary N) is 1. The third-order valence-corrected chi connectivity index (χ3v) is 2.54. The summed E-state index contributed by atoms with van der Waals surface area (Å²) in [6.07, 6.45) is 0.724. The zero-order valence-corrected chi connectivity index (χ0v) is 9.12. The lowest BCUT2D eigenvalue weighted by molar-refractivity contribution is 0.442. The maximum Gasteiger partial charge on any atom is 0.197 e. The van der Waals surface area contributed by atoms with E-state index in [4.69, 9.17) is 11.6 Å². The zero-order valence-electron chi connectivity index (χ0n) is 8.37. The fourth-order valence-corrected chi connectivity index (χ4v) is 1.80. The van der Waals surface area contributed by atoms with E-state index in [1.54, 1.807) is 16.5 Å². The van der Waals surface area contributed by atoms with Crippen LogP contribution in [0, 0.1) is 0 Å². The number of fused-ring (bicyclic) bond motifs is 1. The first kappa shape index (κ1) is 10.3. The molecule has 0 unspecified atom stereocenters. The van der Waals surface area contributed by atoms with E-state index in [9.17, 15) is 5.11 Å². The molecule has 0 saturated carbocycles. The first-order valence-electron chi connectivity index (χ1n) is 4.73. The van der Waals surface area contributed by atoms with Gasteiger partial charge < -0.3 is 10.4 Å². The van der Waals surface area contributed by atoms with Gasteiger partial charge in [-0.15, -0.1) is 0 Å². The van der Waals surface area contributed by atoms with Gasteiger partial charge in [0, 0.05) is 13.0 Å². The van der Waals surface area contributed by atoms with Gasteiger partial charge in [0.05, 0.1) is 5.52 Å². The predicted octanol–water partition coefficient (Wildman–Crippen LogP) is 1.46. The molecule has 0 fully saturated rings. The van der Waals surface area contributed by atoms with E-state index >= 15 is 0 Å². The van der Waals surface area contributed by atoms with Crippen LogP contribution in [0.4, 0.5) is 0 Å². The van der Waals surface area contributed by atoms with Crippen molar-refractivity contribution in [1.29, 1.82) is 0 Å². The normalized spacial score (nSPS) is 11.1. The number of rotatable bonds is 3. The number of aromatic hydroxyl groups is 1. The van der Waals surface area contributed by atoms with Crippen LogP contribution in [0.15, 0.2) is 18.2 Å². The summed E-state index contributed by atoms with van der Waals surface area (Å²) in [7, 11) is 1.87. The minimum Gasteiger partial charge on any atom is -0.494 e. The molecule has 2 aromatic rings. The Morgan fingerprint density at radius 2 is 2.33 bits per heavy atom. The summed E-state index contributed by atoms with van der Waals surface area (Å²) < 4.78 is 1.67. The lowest BCUT2D eigenvalue weighted by atomic mass is 10.4. The molecule has 5 heteroatoms. The van der Waals surface area contributed by atoms with E-state index in [1.807, 2.05) is 13.1 Å². The second-order valence-corrected chi connectivity index (χ2v) is 3.64. The summed E-state index contributed by atoms with van der Waals surface area (Å²) in [5, 5.41) is 13.2. The molecule has 0 aliphatic carbocycles. The van der Waals surface area contributed by atoms with Crippen LogP contribution in [-0.2, 0) is 6.42 Å². The van der Waals surface area contributed by atoms with Crippen molar-refractivity contribution in [3.8, 4) is 5.88 Å². The van der Waals surface area contributed by atoms with Crippen molar-refractivity contribution in [1.82, 2.24) is 14.7 Å². The molecule has 0 atom stereocenters. The molecule has 4 nitrogen and oxygen atoms in total. The van der Waals surface area contributed by atoms with Crippen LogP contribution in [-0.4, -0.2) is 28.1 Å². The third kappa shape index (κ3) is 1.78. The fraction of sp³-hybridized carbons (Fsp3) is 0.300. The Kier molecular flexibility index (Phi) is 2.79. The molecule has 0 aliphatic heterocycles. The first-order valence-corrected chi connectivity index (χ1v) is 5.11. The summed E-state index contributed by atoms with van der Waals surface area (Å²) >= 11 is 5.97.